The van der Waals surface area contributed by atoms with Crippen molar-refractivity contribution in [1.29, 1.82) is 0 Å². The minimum absolute atomic E-state index is 0.154. The quantitative estimate of drug-likeness (QED) is 0.755. The molecule has 0 unspecified atom stereocenters. The lowest BCUT2D eigenvalue weighted by molar-refractivity contribution is 0.0919. The molecule has 0 bridgehead atoms. The SMILES string of the molecule is O=C(NCc1cccnc1)c1ccc(COc2ccc(F)cc2)o1. The highest BCUT2D eigenvalue weighted by atomic mass is 19.1. The van der Waals surface area contributed by atoms with Gasteiger partial charge in [-0.15, -0.1) is 0 Å². The summed E-state index contributed by atoms with van der Waals surface area (Å²) >= 11 is 0. The lowest BCUT2D eigenvalue weighted by atomic mass is 10.3. The molecule has 1 N–H and O–H groups in total. The molecule has 3 rings (SSSR count). The third-order valence-electron chi connectivity index (χ3n) is 3.26. The molecule has 0 fully saturated rings. The molecule has 2 heterocycles. The van der Waals surface area contributed by atoms with Gasteiger partial charge < -0.3 is 14.5 Å². The number of nitrogens with zero attached hydrogens (tertiary/aromatic N) is 1. The smallest absolute Gasteiger partial charge is 0.287 e. The van der Waals surface area contributed by atoms with Crippen LogP contribution in [0.2, 0.25) is 0 Å². The van der Waals surface area contributed by atoms with Crippen molar-refractivity contribution in [3.05, 3.63) is 83.8 Å². The zero-order valence-electron chi connectivity index (χ0n) is 12.7. The maximum Gasteiger partial charge on any atom is 0.287 e. The van der Waals surface area contributed by atoms with Crippen LogP contribution in [0.15, 0.2) is 65.3 Å². The molecule has 0 radical (unpaired) electrons. The molecule has 1 aromatic carbocycles. The summed E-state index contributed by atoms with van der Waals surface area (Å²) in [6.45, 7) is 0.524. The van der Waals surface area contributed by atoms with E-state index in [9.17, 15) is 9.18 Å². The summed E-state index contributed by atoms with van der Waals surface area (Å²) in [5.74, 6) is 0.595. The third kappa shape index (κ3) is 4.19. The number of hydrogen-bond acceptors (Lipinski definition) is 4. The molecule has 2 aromatic heterocycles. The fourth-order valence-electron chi connectivity index (χ4n) is 2.03. The van der Waals surface area contributed by atoms with Crippen LogP contribution in [0.1, 0.15) is 21.9 Å². The number of pyridine rings is 1. The van der Waals surface area contributed by atoms with Crippen molar-refractivity contribution >= 4 is 5.91 Å². The predicted octanol–water partition coefficient (Wildman–Crippen LogP) is 3.32. The molecule has 5 nitrogen and oxygen atoms in total. The number of nitrogens with one attached hydrogen (secondary N) is 1. The van der Waals surface area contributed by atoms with Crippen LogP contribution in [0.25, 0.3) is 0 Å². The molecule has 6 heteroatoms. The molecule has 0 aliphatic heterocycles. The second kappa shape index (κ2) is 7.41. The van der Waals surface area contributed by atoms with E-state index >= 15 is 0 Å². The van der Waals surface area contributed by atoms with Crippen molar-refractivity contribution in [2.24, 2.45) is 0 Å². The van der Waals surface area contributed by atoms with E-state index in [1.54, 1.807) is 30.6 Å². The lowest BCUT2D eigenvalue weighted by Gasteiger charge is -2.04. The van der Waals surface area contributed by atoms with Crippen molar-refractivity contribution < 1.29 is 18.3 Å². The number of hydrogen-bond donors (Lipinski definition) is 1. The fourth-order valence-corrected chi connectivity index (χ4v) is 2.03. The van der Waals surface area contributed by atoms with Gasteiger partial charge in [-0.05, 0) is 48.0 Å². The lowest BCUT2D eigenvalue weighted by Crippen LogP contribution is -2.22. The van der Waals surface area contributed by atoms with Gasteiger partial charge in [-0.25, -0.2) is 4.39 Å². The van der Waals surface area contributed by atoms with E-state index in [1.807, 2.05) is 6.07 Å². The van der Waals surface area contributed by atoms with E-state index < -0.39 is 0 Å². The van der Waals surface area contributed by atoms with E-state index in [0.717, 1.165) is 5.56 Å². The largest absolute Gasteiger partial charge is 0.486 e. The monoisotopic (exact) mass is 326 g/mol. The summed E-state index contributed by atoms with van der Waals surface area (Å²) < 4.78 is 23.7. The van der Waals surface area contributed by atoms with Crippen LogP contribution in [0.5, 0.6) is 5.75 Å². The molecule has 0 saturated heterocycles. The van der Waals surface area contributed by atoms with E-state index in [2.05, 4.69) is 10.3 Å². The van der Waals surface area contributed by atoms with Gasteiger partial charge in [-0.2, -0.15) is 0 Å². The van der Waals surface area contributed by atoms with Gasteiger partial charge in [0, 0.05) is 18.9 Å². The first kappa shape index (κ1) is 15.7. The van der Waals surface area contributed by atoms with Crippen LogP contribution < -0.4 is 10.1 Å². The normalized spacial score (nSPS) is 10.4. The number of furan rings is 1. The number of amides is 1. The number of rotatable bonds is 6. The van der Waals surface area contributed by atoms with E-state index in [0.29, 0.717) is 18.1 Å². The summed E-state index contributed by atoms with van der Waals surface area (Å²) in [5, 5.41) is 2.75. The first-order chi connectivity index (χ1) is 11.7. The van der Waals surface area contributed by atoms with Gasteiger partial charge in [0.2, 0.25) is 0 Å². The highest BCUT2D eigenvalue weighted by Gasteiger charge is 2.11. The van der Waals surface area contributed by atoms with E-state index in [4.69, 9.17) is 9.15 Å². The molecule has 122 valence electrons. The highest BCUT2D eigenvalue weighted by molar-refractivity contribution is 5.91. The minimum Gasteiger partial charge on any atom is -0.486 e. The highest BCUT2D eigenvalue weighted by Crippen LogP contribution is 2.15. The summed E-state index contributed by atoms with van der Waals surface area (Å²) in [7, 11) is 0. The molecule has 0 atom stereocenters. The van der Waals surface area contributed by atoms with Crippen LogP contribution >= 0.6 is 0 Å². The molecule has 3 aromatic rings. The first-order valence-corrected chi connectivity index (χ1v) is 7.35. The fraction of sp³-hybridized carbons (Fsp3) is 0.111. The van der Waals surface area contributed by atoms with Crippen LogP contribution in [-0.2, 0) is 13.2 Å². The zero-order chi connectivity index (χ0) is 16.8. The molecular formula is C18H15FN2O3. The topological polar surface area (TPSA) is 64.4 Å². The van der Waals surface area contributed by atoms with Gasteiger partial charge in [0.1, 0.15) is 23.9 Å². The van der Waals surface area contributed by atoms with Crippen LogP contribution in [-0.4, -0.2) is 10.9 Å². The third-order valence-corrected chi connectivity index (χ3v) is 3.26. The number of ether oxygens (including phenoxy) is 1. The van der Waals surface area contributed by atoms with Gasteiger partial charge in [0.25, 0.3) is 5.91 Å². The second-order valence-electron chi connectivity index (χ2n) is 5.05. The Hall–Kier alpha value is -3.15. The second-order valence-corrected chi connectivity index (χ2v) is 5.05. The molecule has 24 heavy (non-hydrogen) atoms. The predicted molar refractivity (Wildman–Crippen MR) is 84.8 cm³/mol. The Labute approximate surface area is 138 Å². The Balaban J connectivity index is 1.52. The first-order valence-electron chi connectivity index (χ1n) is 7.35. The average Bonchev–Trinajstić information content (AvgIpc) is 3.09. The minimum atomic E-state index is -0.326. The van der Waals surface area contributed by atoms with Gasteiger partial charge in [0.05, 0.1) is 0 Å². The van der Waals surface area contributed by atoms with Gasteiger partial charge in [0.15, 0.2) is 5.76 Å². The summed E-state index contributed by atoms with van der Waals surface area (Å²) in [5.41, 5.74) is 0.900. The van der Waals surface area contributed by atoms with Crippen LogP contribution in [0.4, 0.5) is 4.39 Å². The van der Waals surface area contributed by atoms with Crippen molar-refractivity contribution in [2.45, 2.75) is 13.2 Å². The Kier molecular flexibility index (Phi) is 4.86. The molecule has 1 amide bonds. The van der Waals surface area contributed by atoms with E-state index in [1.165, 1.54) is 24.3 Å². The van der Waals surface area contributed by atoms with Gasteiger partial charge in [-0.3, -0.25) is 9.78 Å². The van der Waals surface area contributed by atoms with Gasteiger partial charge >= 0.3 is 0 Å². The molecule has 0 aliphatic rings. The molecule has 0 aliphatic carbocycles. The van der Waals surface area contributed by atoms with Crippen molar-refractivity contribution in [3.8, 4) is 5.75 Å². The Morgan fingerprint density at radius 2 is 2.00 bits per heavy atom. The molecular weight excluding hydrogens is 311 g/mol. The molecule has 0 saturated carbocycles. The van der Waals surface area contributed by atoms with E-state index in [-0.39, 0.29) is 24.1 Å². The zero-order valence-corrected chi connectivity index (χ0v) is 12.7. The van der Waals surface area contributed by atoms with Crippen molar-refractivity contribution in [1.82, 2.24) is 10.3 Å². The Bertz CT molecular complexity index is 801. The van der Waals surface area contributed by atoms with Crippen molar-refractivity contribution in [3.63, 3.8) is 0 Å². The Morgan fingerprint density at radius 1 is 1.17 bits per heavy atom. The van der Waals surface area contributed by atoms with Crippen LogP contribution in [0.3, 0.4) is 0 Å². The number of carbonyl (C=O) groups excluding carboxylic acids is 1. The number of halogens is 1. The van der Waals surface area contributed by atoms with Gasteiger partial charge in [-0.1, -0.05) is 6.07 Å². The van der Waals surface area contributed by atoms with Crippen molar-refractivity contribution in [2.75, 3.05) is 0 Å². The average molecular weight is 326 g/mol. The summed E-state index contributed by atoms with van der Waals surface area (Å²) in [4.78, 5) is 16.0. The number of benzene rings is 1. The molecule has 0 spiro atoms. The van der Waals surface area contributed by atoms with Crippen LogP contribution in [0, 0.1) is 5.82 Å². The summed E-state index contributed by atoms with van der Waals surface area (Å²) in [6, 6.07) is 12.6. The Morgan fingerprint density at radius 3 is 2.75 bits per heavy atom. The maximum absolute atomic E-state index is 12.8. The number of aromatic nitrogens is 1. The summed E-state index contributed by atoms with van der Waals surface area (Å²) in [6.07, 6.45) is 3.36. The standard InChI is InChI=1S/C18H15FN2O3/c19-14-3-5-15(6-4-14)23-12-16-7-8-17(24-16)18(22)21-11-13-2-1-9-20-10-13/h1-10H,11-12H2,(H,21,22). The maximum atomic E-state index is 12.8. The number of carbonyl (C=O) groups is 1.